The summed E-state index contributed by atoms with van der Waals surface area (Å²) in [6.07, 6.45) is 4.10. The molecule has 0 unspecified atom stereocenters. The van der Waals surface area contributed by atoms with Crippen molar-refractivity contribution in [1.29, 1.82) is 0 Å². The van der Waals surface area contributed by atoms with Crippen LogP contribution in [0.5, 0.6) is 0 Å². The van der Waals surface area contributed by atoms with Crippen LogP contribution in [-0.4, -0.2) is 79.2 Å². The second-order valence-electron chi connectivity index (χ2n) is 9.56. The molecule has 3 aliphatic heterocycles. The number of ether oxygens (including phenoxy) is 1. The highest BCUT2D eigenvalue weighted by Crippen LogP contribution is 2.42. The molecule has 2 fully saturated rings. The molecule has 0 saturated carbocycles. The molecule has 176 valence electrons. The van der Waals surface area contributed by atoms with Crippen LogP contribution in [0.2, 0.25) is 0 Å². The number of likely N-dealkylation sites (tertiary alicyclic amines) is 2. The highest BCUT2D eigenvalue weighted by Gasteiger charge is 2.43. The van der Waals surface area contributed by atoms with Crippen molar-refractivity contribution in [2.75, 3.05) is 52.4 Å². The third-order valence-electron chi connectivity index (χ3n) is 7.53. The first-order chi connectivity index (χ1) is 15.5. The minimum absolute atomic E-state index is 0.0529. The second-order valence-corrected chi connectivity index (χ2v) is 9.56. The normalized spacial score (nSPS) is 21.3. The molecular formula is C25H38N4O3. The van der Waals surface area contributed by atoms with Crippen molar-refractivity contribution in [3.63, 3.8) is 0 Å². The van der Waals surface area contributed by atoms with E-state index in [1.165, 1.54) is 11.1 Å². The number of hydrogen-bond acceptors (Lipinski definition) is 4. The molecule has 0 aromatic heterocycles. The van der Waals surface area contributed by atoms with E-state index in [0.29, 0.717) is 25.6 Å². The van der Waals surface area contributed by atoms with Gasteiger partial charge in [0.05, 0.1) is 6.61 Å². The Hall–Kier alpha value is -2.28. The van der Waals surface area contributed by atoms with Gasteiger partial charge in [-0.05, 0) is 69.7 Å². The van der Waals surface area contributed by atoms with Crippen molar-refractivity contribution >= 4 is 12.1 Å². The molecule has 0 radical (unpaired) electrons. The molecule has 1 aromatic carbocycles. The fourth-order valence-corrected chi connectivity index (χ4v) is 5.76. The van der Waals surface area contributed by atoms with Crippen LogP contribution in [0.4, 0.5) is 9.59 Å². The Bertz CT molecular complexity index is 798. The van der Waals surface area contributed by atoms with Crippen molar-refractivity contribution in [2.45, 2.75) is 51.5 Å². The molecule has 4 rings (SSSR count). The summed E-state index contributed by atoms with van der Waals surface area (Å²) in [5.74, 6) is 0.639. The van der Waals surface area contributed by atoms with Gasteiger partial charge in [-0.1, -0.05) is 24.3 Å². The van der Waals surface area contributed by atoms with Crippen LogP contribution >= 0.6 is 0 Å². The molecule has 7 nitrogen and oxygen atoms in total. The summed E-state index contributed by atoms with van der Waals surface area (Å²) >= 11 is 0. The summed E-state index contributed by atoms with van der Waals surface area (Å²) in [6.45, 7) is 11.3. The molecule has 0 bridgehead atoms. The number of benzene rings is 1. The quantitative estimate of drug-likeness (QED) is 0.776. The van der Waals surface area contributed by atoms with Gasteiger partial charge in [0.2, 0.25) is 0 Å². The predicted octanol–water partition coefficient (Wildman–Crippen LogP) is 3.43. The van der Waals surface area contributed by atoms with E-state index in [1.807, 2.05) is 23.6 Å². The van der Waals surface area contributed by atoms with Crippen LogP contribution < -0.4 is 5.32 Å². The van der Waals surface area contributed by atoms with E-state index in [2.05, 4.69) is 34.5 Å². The van der Waals surface area contributed by atoms with E-state index in [-0.39, 0.29) is 17.5 Å². The summed E-state index contributed by atoms with van der Waals surface area (Å²) in [6, 6.07) is 8.76. The van der Waals surface area contributed by atoms with Gasteiger partial charge in [-0.3, -0.25) is 0 Å². The number of hydrogen-bond donors (Lipinski definition) is 1. The molecule has 1 N–H and O–H groups in total. The lowest BCUT2D eigenvalue weighted by Gasteiger charge is -2.49. The maximum atomic E-state index is 12.6. The maximum absolute atomic E-state index is 12.6. The van der Waals surface area contributed by atoms with E-state index < -0.39 is 0 Å². The molecule has 3 amide bonds. The van der Waals surface area contributed by atoms with E-state index >= 15 is 0 Å². The highest BCUT2D eigenvalue weighted by molar-refractivity contribution is 5.75. The molecule has 32 heavy (non-hydrogen) atoms. The topological polar surface area (TPSA) is 65.1 Å². The first-order valence-electron chi connectivity index (χ1n) is 12.3. The van der Waals surface area contributed by atoms with Crippen LogP contribution in [0.25, 0.3) is 0 Å². The van der Waals surface area contributed by atoms with Gasteiger partial charge in [-0.25, -0.2) is 9.59 Å². The standard InChI is InChI=1S/C25H38N4O3/c1-3-26-23(30)29-18-21-7-5-6-8-22(21)25(19-29)11-15-27(16-12-25)17-20-9-13-28(14-10-20)24(31)32-4-2/h5-8,20H,3-4,9-19H2,1-2H3,(H,26,30). The molecule has 7 heteroatoms. The van der Waals surface area contributed by atoms with Crippen LogP contribution in [0, 0.1) is 5.92 Å². The zero-order valence-electron chi connectivity index (χ0n) is 19.6. The zero-order chi connectivity index (χ0) is 22.6. The Balaban J connectivity index is 1.35. The Morgan fingerprint density at radius 1 is 1.06 bits per heavy atom. The van der Waals surface area contributed by atoms with Crippen molar-refractivity contribution < 1.29 is 14.3 Å². The second kappa shape index (κ2) is 10.1. The Morgan fingerprint density at radius 3 is 2.47 bits per heavy atom. The van der Waals surface area contributed by atoms with Crippen LogP contribution in [-0.2, 0) is 16.7 Å². The largest absolute Gasteiger partial charge is 0.450 e. The van der Waals surface area contributed by atoms with Gasteiger partial charge >= 0.3 is 12.1 Å². The highest BCUT2D eigenvalue weighted by atomic mass is 16.6. The van der Waals surface area contributed by atoms with Gasteiger partial charge in [-0.15, -0.1) is 0 Å². The minimum Gasteiger partial charge on any atom is -0.450 e. The van der Waals surface area contributed by atoms with Crippen molar-refractivity contribution in [2.24, 2.45) is 5.92 Å². The fourth-order valence-electron chi connectivity index (χ4n) is 5.76. The molecule has 1 spiro atoms. The smallest absolute Gasteiger partial charge is 0.409 e. The molecule has 3 aliphatic rings. The summed E-state index contributed by atoms with van der Waals surface area (Å²) in [4.78, 5) is 31.0. The Morgan fingerprint density at radius 2 is 1.78 bits per heavy atom. The van der Waals surface area contributed by atoms with Gasteiger partial charge in [0, 0.05) is 44.7 Å². The number of urea groups is 1. The van der Waals surface area contributed by atoms with E-state index in [4.69, 9.17) is 4.74 Å². The van der Waals surface area contributed by atoms with Crippen LogP contribution in [0.1, 0.15) is 50.7 Å². The van der Waals surface area contributed by atoms with Gasteiger partial charge in [0.25, 0.3) is 0 Å². The average Bonchev–Trinajstić information content (AvgIpc) is 2.81. The lowest BCUT2D eigenvalue weighted by molar-refractivity contribution is 0.0723. The van der Waals surface area contributed by atoms with Crippen molar-refractivity contribution in [3.8, 4) is 0 Å². The Labute approximate surface area is 192 Å². The Kier molecular flexibility index (Phi) is 7.23. The number of amides is 3. The minimum atomic E-state index is -0.168. The average molecular weight is 443 g/mol. The molecule has 3 heterocycles. The number of nitrogens with one attached hydrogen (secondary N) is 1. The maximum Gasteiger partial charge on any atom is 0.409 e. The number of nitrogens with zero attached hydrogens (tertiary/aromatic N) is 3. The summed E-state index contributed by atoms with van der Waals surface area (Å²) in [5, 5.41) is 2.99. The van der Waals surface area contributed by atoms with Crippen LogP contribution in [0.3, 0.4) is 0 Å². The summed E-state index contributed by atoms with van der Waals surface area (Å²) < 4.78 is 5.14. The lowest BCUT2D eigenvalue weighted by Crippen LogP contribution is -2.55. The molecule has 2 saturated heterocycles. The number of carbonyl (C=O) groups is 2. The van der Waals surface area contributed by atoms with Gasteiger partial charge in [0.15, 0.2) is 0 Å². The first kappa shape index (κ1) is 22.9. The van der Waals surface area contributed by atoms with E-state index in [0.717, 1.165) is 65.0 Å². The fraction of sp³-hybridized carbons (Fsp3) is 0.680. The zero-order valence-corrected chi connectivity index (χ0v) is 19.6. The summed E-state index contributed by atoms with van der Waals surface area (Å²) in [5.41, 5.74) is 2.80. The number of fused-ring (bicyclic) bond motifs is 2. The lowest BCUT2D eigenvalue weighted by atomic mass is 9.68. The third kappa shape index (κ3) is 4.87. The first-order valence-corrected chi connectivity index (χ1v) is 12.3. The van der Waals surface area contributed by atoms with Gasteiger partial charge in [0.1, 0.15) is 0 Å². The van der Waals surface area contributed by atoms with Gasteiger partial charge < -0.3 is 24.8 Å². The SMILES string of the molecule is CCNC(=O)N1Cc2ccccc2C2(CCN(CC3CCN(C(=O)OCC)CC3)CC2)C1. The monoisotopic (exact) mass is 442 g/mol. The van der Waals surface area contributed by atoms with Crippen molar-refractivity contribution in [1.82, 2.24) is 20.0 Å². The van der Waals surface area contributed by atoms with Crippen LogP contribution in [0.15, 0.2) is 24.3 Å². The molecule has 1 aromatic rings. The number of carbonyl (C=O) groups excluding carboxylic acids is 2. The molecule has 0 atom stereocenters. The number of piperidine rings is 2. The molecule has 0 aliphatic carbocycles. The predicted molar refractivity (Wildman–Crippen MR) is 125 cm³/mol. The van der Waals surface area contributed by atoms with Gasteiger partial charge in [-0.2, -0.15) is 0 Å². The summed E-state index contributed by atoms with van der Waals surface area (Å²) in [7, 11) is 0. The third-order valence-corrected chi connectivity index (χ3v) is 7.53. The van der Waals surface area contributed by atoms with E-state index in [9.17, 15) is 9.59 Å². The van der Waals surface area contributed by atoms with Crippen molar-refractivity contribution in [3.05, 3.63) is 35.4 Å². The molecular weight excluding hydrogens is 404 g/mol. The van der Waals surface area contributed by atoms with E-state index in [1.54, 1.807) is 0 Å². The number of rotatable bonds is 4.